The summed E-state index contributed by atoms with van der Waals surface area (Å²) in [5.74, 6) is -0.217. The van der Waals surface area contributed by atoms with Crippen LogP contribution in [-0.2, 0) is 15.8 Å². The van der Waals surface area contributed by atoms with Crippen LogP contribution in [0.25, 0.3) is 0 Å². The van der Waals surface area contributed by atoms with Crippen LogP contribution in [0.4, 0.5) is 5.69 Å². The molecule has 1 heterocycles. The second-order valence-corrected chi connectivity index (χ2v) is 6.15. The highest BCUT2D eigenvalue weighted by Crippen LogP contribution is 2.14. The third-order valence-electron chi connectivity index (χ3n) is 2.41. The summed E-state index contributed by atoms with van der Waals surface area (Å²) < 4.78 is 26.4. The molecule has 0 saturated heterocycles. The van der Waals surface area contributed by atoms with Crippen LogP contribution >= 0.6 is 11.6 Å². The molecule has 0 unspecified atom stereocenters. The van der Waals surface area contributed by atoms with Crippen LogP contribution in [0.15, 0.2) is 42.6 Å². The number of nitrogens with one attached hydrogen (secondary N) is 1. The van der Waals surface area contributed by atoms with Gasteiger partial charge in [0.05, 0.1) is 29.3 Å². The summed E-state index contributed by atoms with van der Waals surface area (Å²) in [6, 6.07) is 11.4. The van der Waals surface area contributed by atoms with E-state index in [1.165, 1.54) is 18.3 Å². The number of nitriles is 1. The summed E-state index contributed by atoms with van der Waals surface area (Å²) in [6.45, 7) is 0. The largest absolute Gasteiger partial charge is 0.282 e. The van der Waals surface area contributed by atoms with Gasteiger partial charge in [-0.25, -0.2) is 13.4 Å². The van der Waals surface area contributed by atoms with Gasteiger partial charge in [0.25, 0.3) is 0 Å². The number of hydrogen-bond acceptors (Lipinski definition) is 4. The first-order valence-corrected chi connectivity index (χ1v) is 7.63. The molecule has 0 spiro atoms. The van der Waals surface area contributed by atoms with Gasteiger partial charge in [-0.15, -0.1) is 0 Å². The van der Waals surface area contributed by atoms with Gasteiger partial charge in [0.2, 0.25) is 10.0 Å². The summed E-state index contributed by atoms with van der Waals surface area (Å²) in [5, 5.41) is 9.07. The van der Waals surface area contributed by atoms with Crippen LogP contribution in [0.5, 0.6) is 0 Å². The predicted octanol–water partition coefficient (Wildman–Crippen LogP) is 2.55. The molecule has 0 saturated carbocycles. The number of nitrogens with zero attached hydrogens (tertiary/aromatic N) is 2. The van der Waals surface area contributed by atoms with Gasteiger partial charge in [-0.05, 0) is 29.8 Å². The van der Waals surface area contributed by atoms with Crippen molar-refractivity contribution in [2.45, 2.75) is 5.75 Å². The highest BCUT2D eigenvalue weighted by Gasteiger charge is 2.12. The third-order valence-corrected chi connectivity index (χ3v) is 3.90. The third kappa shape index (κ3) is 3.95. The van der Waals surface area contributed by atoms with E-state index in [1.807, 2.05) is 6.07 Å². The molecule has 2 aromatic rings. The Morgan fingerprint density at radius 2 is 2.10 bits per heavy atom. The lowest BCUT2D eigenvalue weighted by atomic mass is 10.2. The van der Waals surface area contributed by atoms with Crippen molar-refractivity contribution in [3.63, 3.8) is 0 Å². The van der Waals surface area contributed by atoms with Crippen molar-refractivity contribution in [1.82, 2.24) is 4.98 Å². The molecule has 0 atom stereocenters. The Kier molecular flexibility index (Phi) is 4.23. The van der Waals surface area contributed by atoms with Crippen LogP contribution in [0.3, 0.4) is 0 Å². The number of anilines is 1. The SMILES string of the molecule is N#Cc1cccc(CS(=O)(=O)Nc2ccc(Cl)nc2)c1. The summed E-state index contributed by atoms with van der Waals surface area (Å²) in [6.07, 6.45) is 1.34. The topological polar surface area (TPSA) is 82.8 Å². The molecule has 2 rings (SSSR count). The molecule has 0 bridgehead atoms. The maximum atomic E-state index is 12.0. The van der Waals surface area contributed by atoms with Gasteiger partial charge in [-0.2, -0.15) is 5.26 Å². The van der Waals surface area contributed by atoms with Gasteiger partial charge >= 0.3 is 0 Å². The van der Waals surface area contributed by atoms with Crippen molar-refractivity contribution < 1.29 is 8.42 Å². The fourth-order valence-electron chi connectivity index (χ4n) is 1.60. The summed E-state index contributed by atoms with van der Waals surface area (Å²) in [7, 11) is -3.57. The van der Waals surface area contributed by atoms with Crippen LogP contribution in [0.1, 0.15) is 11.1 Å². The zero-order valence-electron chi connectivity index (χ0n) is 10.2. The summed E-state index contributed by atoms with van der Waals surface area (Å²) in [4.78, 5) is 3.79. The zero-order valence-corrected chi connectivity index (χ0v) is 11.8. The lowest BCUT2D eigenvalue weighted by Crippen LogP contribution is -2.15. The molecule has 7 heteroatoms. The number of hydrogen-bond donors (Lipinski definition) is 1. The quantitative estimate of drug-likeness (QED) is 0.880. The van der Waals surface area contributed by atoms with Gasteiger partial charge < -0.3 is 0 Å². The molecule has 1 aromatic carbocycles. The Balaban J connectivity index is 2.15. The van der Waals surface area contributed by atoms with Crippen molar-refractivity contribution in [2.24, 2.45) is 0 Å². The van der Waals surface area contributed by atoms with E-state index in [0.29, 0.717) is 16.8 Å². The number of pyridine rings is 1. The first-order chi connectivity index (χ1) is 9.48. The molecule has 0 amide bonds. The molecular weight excluding hydrogens is 298 g/mol. The Morgan fingerprint density at radius 1 is 1.30 bits per heavy atom. The van der Waals surface area contributed by atoms with Gasteiger partial charge in [0.15, 0.2) is 0 Å². The normalized spacial score (nSPS) is 10.8. The first-order valence-electron chi connectivity index (χ1n) is 5.59. The van der Waals surface area contributed by atoms with E-state index in [2.05, 4.69) is 9.71 Å². The smallest absolute Gasteiger partial charge is 0.236 e. The van der Waals surface area contributed by atoms with E-state index < -0.39 is 10.0 Å². The highest BCUT2D eigenvalue weighted by molar-refractivity contribution is 7.91. The van der Waals surface area contributed by atoms with E-state index in [1.54, 1.807) is 24.3 Å². The van der Waals surface area contributed by atoms with Crippen LogP contribution in [0.2, 0.25) is 5.15 Å². The number of rotatable bonds is 4. The fraction of sp³-hybridized carbons (Fsp3) is 0.0769. The number of aromatic nitrogens is 1. The minimum absolute atomic E-state index is 0.217. The average molecular weight is 308 g/mol. The van der Waals surface area contributed by atoms with E-state index >= 15 is 0 Å². The van der Waals surface area contributed by atoms with Crippen LogP contribution < -0.4 is 4.72 Å². The first kappa shape index (κ1) is 14.3. The van der Waals surface area contributed by atoms with Crippen LogP contribution in [-0.4, -0.2) is 13.4 Å². The summed E-state index contributed by atoms with van der Waals surface area (Å²) >= 11 is 5.63. The Bertz CT molecular complexity index is 752. The van der Waals surface area contributed by atoms with Crippen molar-refractivity contribution in [1.29, 1.82) is 5.26 Å². The molecule has 0 aliphatic rings. The molecule has 102 valence electrons. The van der Waals surface area contributed by atoms with E-state index in [9.17, 15) is 8.42 Å². The minimum atomic E-state index is -3.57. The van der Waals surface area contributed by atoms with E-state index in [0.717, 1.165) is 0 Å². The standard InChI is InChI=1S/C13H10ClN3O2S/c14-13-5-4-12(8-16-13)17-20(18,19)9-11-3-1-2-10(6-11)7-15/h1-6,8,17H,9H2. The Labute approximate surface area is 121 Å². The average Bonchev–Trinajstić information content (AvgIpc) is 2.41. The highest BCUT2D eigenvalue weighted by atomic mass is 35.5. The van der Waals surface area contributed by atoms with Crippen molar-refractivity contribution >= 4 is 27.3 Å². The zero-order chi connectivity index (χ0) is 14.6. The van der Waals surface area contributed by atoms with Crippen molar-refractivity contribution in [3.05, 3.63) is 58.9 Å². The fourth-order valence-corrected chi connectivity index (χ4v) is 2.88. The van der Waals surface area contributed by atoms with Gasteiger partial charge in [-0.3, -0.25) is 4.72 Å². The van der Waals surface area contributed by atoms with Gasteiger partial charge in [-0.1, -0.05) is 23.7 Å². The molecule has 0 aliphatic heterocycles. The molecule has 0 fully saturated rings. The molecule has 5 nitrogen and oxygen atoms in total. The monoisotopic (exact) mass is 307 g/mol. The van der Waals surface area contributed by atoms with Gasteiger partial charge in [0.1, 0.15) is 5.15 Å². The van der Waals surface area contributed by atoms with Gasteiger partial charge in [0, 0.05) is 0 Å². The molecule has 1 aromatic heterocycles. The molecule has 0 radical (unpaired) electrons. The number of benzene rings is 1. The molecule has 0 aliphatic carbocycles. The number of halogens is 1. The lowest BCUT2D eigenvalue weighted by Gasteiger charge is -2.08. The maximum Gasteiger partial charge on any atom is 0.236 e. The predicted molar refractivity (Wildman–Crippen MR) is 76.7 cm³/mol. The van der Waals surface area contributed by atoms with Crippen LogP contribution in [0, 0.1) is 11.3 Å². The molecular formula is C13H10ClN3O2S. The Morgan fingerprint density at radius 3 is 2.75 bits per heavy atom. The summed E-state index contributed by atoms with van der Waals surface area (Å²) in [5.41, 5.74) is 1.30. The van der Waals surface area contributed by atoms with E-state index in [4.69, 9.17) is 16.9 Å². The lowest BCUT2D eigenvalue weighted by molar-refractivity contribution is 0.600. The Hall–Kier alpha value is -2.10. The second kappa shape index (κ2) is 5.90. The maximum absolute atomic E-state index is 12.0. The number of sulfonamides is 1. The molecule has 1 N–H and O–H groups in total. The minimum Gasteiger partial charge on any atom is -0.282 e. The van der Waals surface area contributed by atoms with E-state index in [-0.39, 0.29) is 10.9 Å². The van der Waals surface area contributed by atoms with Crippen molar-refractivity contribution in [3.8, 4) is 6.07 Å². The van der Waals surface area contributed by atoms with Crippen molar-refractivity contribution in [2.75, 3.05) is 4.72 Å². The second-order valence-electron chi connectivity index (χ2n) is 4.04. The molecule has 20 heavy (non-hydrogen) atoms.